The van der Waals surface area contributed by atoms with Gasteiger partial charge in [-0.3, -0.25) is 14.4 Å². The zero-order valence-electron chi connectivity index (χ0n) is 22.0. The lowest BCUT2D eigenvalue weighted by atomic mass is 9.97. The number of carbonyl (C=O) groups excluding carboxylic acids is 4. The van der Waals surface area contributed by atoms with Crippen LogP contribution in [0.5, 0.6) is 0 Å². The second-order valence-electron chi connectivity index (χ2n) is 9.67. The molecule has 0 fully saturated rings. The summed E-state index contributed by atoms with van der Waals surface area (Å²) in [6.45, 7) is 11.1. The molecule has 0 spiro atoms. The van der Waals surface area contributed by atoms with Gasteiger partial charge >= 0.3 is 12.0 Å². The van der Waals surface area contributed by atoms with E-state index in [9.17, 15) is 29.1 Å². The molecule has 1 aliphatic heterocycles. The van der Waals surface area contributed by atoms with E-state index in [0.717, 1.165) is 0 Å². The van der Waals surface area contributed by atoms with E-state index in [2.05, 4.69) is 26.6 Å². The summed E-state index contributed by atoms with van der Waals surface area (Å²) in [6.07, 6.45) is 7.25. The van der Waals surface area contributed by atoms with Crippen LogP contribution in [0.15, 0.2) is 24.3 Å². The molecule has 0 bridgehead atoms. The van der Waals surface area contributed by atoms with Gasteiger partial charge in [-0.05, 0) is 24.2 Å². The van der Waals surface area contributed by atoms with Crippen molar-refractivity contribution in [2.45, 2.75) is 78.6 Å². The third kappa shape index (κ3) is 10.1. The minimum Gasteiger partial charge on any atom is -0.480 e. The summed E-state index contributed by atoms with van der Waals surface area (Å²) in [6, 6.07) is -4.35. The van der Waals surface area contributed by atoms with Crippen molar-refractivity contribution in [3.63, 3.8) is 0 Å². The van der Waals surface area contributed by atoms with E-state index in [0.29, 0.717) is 19.4 Å². The summed E-state index contributed by atoms with van der Waals surface area (Å²) >= 11 is 0. The molecule has 5 atom stereocenters. The third-order valence-corrected chi connectivity index (χ3v) is 6.00. The maximum Gasteiger partial charge on any atom is 0.326 e. The Labute approximate surface area is 212 Å². The second-order valence-corrected chi connectivity index (χ2v) is 9.67. The Morgan fingerprint density at radius 2 is 1.69 bits per heavy atom. The molecule has 5 amide bonds. The van der Waals surface area contributed by atoms with Gasteiger partial charge in [-0.1, -0.05) is 66.2 Å². The third-order valence-electron chi connectivity index (χ3n) is 6.00. The van der Waals surface area contributed by atoms with Crippen molar-refractivity contribution in [3.8, 4) is 0 Å². The molecule has 1 rings (SSSR count). The minimum absolute atomic E-state index is 0.0114. The highest BCUT2D eigenvalue weighted by molar-refractivity contribution is 5.94. The molecule has 6 N–H and O–H groups in total. The zero-order valence-corrected chi connectivity index (χ0v) is 22.0. The number of aliphatic carboxylic acids is 1. The molecule has 0 saturated carbocycles. The number of nitrogens with one attached hydrogen (secondary N) is 5. The molecule has 0 aliphatic carbocycles. The average molecular weight is 508 g/mol. The maximum atomic E-state index is 13.2. The van der Waals surface area contributed by atoms with Gasteiger partial charge in [0.1, 0.15) is 18.1 Å². The van der Waals surface area contributed by atoms with Crippen LogP contribution in [0.4, 0.5) is 4.79 Å². The molecule has 202 valence electrons. The molecule has 36 heavy (non-hydrogen) atoms. The minimum atomic E-state index is -1.18. The number of carboxylic acid groups (broad SMARTS) is 1. The van der Waals surface area contributed by atoms with Crippen LogP contribution in [0, 0.1) is 17.8 Å². The van der Waals surface area contributed by atoms with Crippen molar-refractivity contribution in [2.24, 2.45) is 17.8 Å². The van der Waals surface area contributed by atoms with Gasteiger partial charge in [-0.25, -0.2) is 9.59 Å². The number of hydrogen-bond acceptors (Lipinski definition) is 5. The van der Waals surface area contributed by atoms with Crippen LogP contribution in [0.1, 0.15) is 54.4 Å². The summed E-state index contributed by atoms with van der Waals surface area (Å²) in [5, 5.41) is 22.6. The monoisotopic (exact) mass is 507 g/mol. The number of carbonyl (C=O) groups is 5. The molecule has 0 aromatic heterocycles. The second kappa shape index (κ2) is 14.9. The van der Waals surface area contributed by atoms with Crippen LogP contribution >= 0.6 is 0 Å². The van der Waals surface area contributed by atoms with Crippen molar-refractivity contribution in [3.05, 3.63) is 24.3 Å². The van der Waals surface area contributed by atoms with Crippen LogP contribution in [-0.4, -0.2) is 65.5 Å². The lowest BCUT2D eigenvalue weighted by Crippen LogP contribution is -2.59. The highest BCUT2D eigenvalue weighted by Crippen LogP contribution is 2.10. The number of rotatable bonds is 9. The number of urea groups is 1. The first kappa shape index (κ1) is 30.7. The summed E-state index contributed by atoms with van der Waals surface area (Å²) in [5.74, 6) is -3.12. The van der Waals surface area contributed by atoms with E-state index in [1.54, 1.807) is 39.0 Å². The Morgan fingerprint density at radius 3 is 2.25 bits per heavy atom. The van der Waals surface area contributed by atoms with E-state index in [1.165, 1.54) is 6.08 Å². The first-order chi connectivity index (χ1) is 16.9. The summed E-state index contributed by atoms with van der Waals surface area (Å²) in [5.41, 5.74) is 0. The van der Waals surface area contributed by atoms with Gasteiger partial charge in [-0.15, -0.1) is 0 Å². The molecular formula is C25H41N5O6. The Kier molecular flexibility index (Phi) is 12.7. The van der Waals surface area contributed by atoms with Crippen LogP contribution in [-0.2, 0) is 19.2 Å². The SMILES string of the molecule is CC[C@H](C)[C@H](NC(=O)N[C@H](C(=O)O)C(C)C)C(=O)N[C@H]1/C=C/CCNC(=O)/C=C/[C@H](C(C)C)NC1=O. The first-order valence-electron chi connectivity index (χ1n) is 12.4. The van der Waals surface area contributed by atoms with Gasteiger partial charge in [0.05, 0.1) is 0 Å². The Balaban J connectivity index is 3.08. The van der Waals surface area contributed by atoms with Crippen LogP contribution in [0.2, 0.25) is 0 Å². The van der Waals surface area contributed by atoms with Crippen LogP contribution in [0.3, 0.4) is 0 Å². The molecule has 11 heteroatoms. The number of amides is 5. The highest BCUT2D eigenvalue weighted by atomic mass is 16.4. The van der Waals surface area contributed by atoms with Crippen molar-refractivity contribution < 1.29 is 29.1 Å². The van der Waals surface area contributed by atoms with E-state index in [-0.39, 0.29) is 23.7 Å². The largest absolute Gasteiger partial charge is 0.480 e. The number of carboxylic acids is 1. The Morgan fingerprint density at radius 1 is 1.06 bits per heavy atom. The van der Waals surface area contributed by atoms with Crippen LogP contribution in [0.25, 0.3) is 0 Å². The molecule has 1 heterocycles. The standard InChI is InChI=1S/C25H41N5O6/c1-7-16(6)21(30-25(36)29-20(15(4)5)24(34)35)23(33)28-18-10-8-9-13-26-19(31)12-11-17(14(2)3)27-22(18)32/h8,10-12,14-18,20-21H,7,9,13H2,1-6H3,(H,26,31)(H,27,32)(H,28,33)(H,34,35)(H2,29,30,36)/b10-8+,12-11+/t16-,17+,18-,20-,21-/m0/s1. The fraction of sp³-hybridized carbons (Fsp3) is 0.640. The molecule has 0 aromatic rings. The lowest BCUT2D eigenvalue weighted by molar-refractivity contribution is -0.140. The Bertz CT molecular complexity index is 854. The topological polar surface area (TPSA) is 166 Å². The van der Waals surface area contributed by atoms with Gasteiger partial charge in [0.15, 0.2) is 0 Å². The van der Waals surface area contributed by atoms with Gasteiger partial charge in [0, 0.05) is 18.7 Å². The Hall–Kier alpha value is -3.37. The molecule has 0 aromatic carbocycles. The molecule has 11 nitrogen and oxygen atoms in total. The van der Waals surface area contributed by atoms with Gasteiger partial charge < -0.3 is 31.7 Å². The van der Waals surface area contributed by atoms with Crippen molar-refractivity contribution >= 4 is 29.7 Å². The fourth-order valence-electron chi connectivity index (χ4n) is 3.44. The average Bonchev–Trinajstić information content (AvgIpc) is 2.80. The van der Waals surface area contributed by atoms with Crippen molar-refractivity contribution in [1.82, 2.24) is 26.6 Å². The smallest absolute Gasteiger partial charge is 0.326 e. The zero-order chi connectivity index (χ0) is 27.4. The van der Waals surface area contributed by atoms with Gasteiger partial charge in [-0.2, -0.15) is 0 Å². The predicted molar refractivity (Wildman–Crippen MR) is 136 cm³/mol. The first-order valence-corrected chi connectivity index (χ1v) is 12.4. The molecule has 0 unspecified atom stereocenters. The molecule has 0 saturated heterocycles. The fourth-order valence-corrected chi connectivity index (χ4v) is 3.44. The molecule has 1 aliphatic rings. The molecular weight excluding hydrogens is 466 g/mol. The summed E-state index contributed by atoms with van der Waals surface area (Å²) in [4.78, 5) is 62.2. The summed E-state index contributed by atoms with van der Waals surface area (Å²) < 4.78 is 0. The predicted octanol–water partition coefficient (Wildman–Crippen LogP) is 1.07. The number of hydrogen-bond donors (Lipinski definition) is 6. The molecule has 0 radical (unpaired) electrons. The van der Waals surface area contributed by atoms with E-state index in [1.807, 2.05) is 20.8 Å². The quantitative estimate of drug-likeness (QED) is 0.255. The van der Waals surface area contributed by atoms with E-state index >= 15 is 0 Å². The van der Waals surface area contributed by atoms with E-state index in [4.69, 9.17) is 0 Å². The van der Waals surface area contributed by atoms with Crippen LogP contribution < -0.4 is 26.6 Å². The van der Waals surface area contributed by atoms with Crippen molar-refractivity contribution in [2.75, 3.05) is 6.54 Å². The van der Waals surface area contributed by atoms with Gasteiger partial charge in [0.2, 0.25) is 17.7 Å². The highest BCUT2D eigenvalue weighted by Gasteiger charge is 2.31. The normalized spacial score (nSPS) is 23.1. The maximum absolute atomic E-state index is 13.2. The summed E-state index contributed by atoms with van der Waals surface area (Å²) in [7, 11) is 0. The lowest BCUT2D eigenvalue weighted by Gasteiger charge is -2.28. The van der Waals surface area contributed by atoms with Gasteiger partial charge in [0.25, 0.3) is 0 Å². The van der Waals surface area contributed by atoms with E-state index < -0.39 is 48.0 Å². The van der Waals surface area contributed by atoms with Crippen molar-refractivity contribution in [1.29, 1.82) is 0 Å².